The van der Waals surface area contributed by atoms with Crippen molar-refractivity contribution in [3.8, 4) is 0 Å². The number of nitrogens with zero attached hydrogens (tertiary/aromatic N) is 2. The molecule has 0 bridgehead atoms. The lowest BCUT2D eigenvalue weighted by atomic mass is 9.93. The van der Waals surface area contributed by atoms with Gasteiger partial charge in [-0.25, -0.2) is 0 Å². The summed E-state index contributed by atoms with van der Waals surface area (Å²) in [6, 6.07) is 0.441. The van der Waals surface area contributed by atoms with Crippen LogP contribution in [0.25, 0.3) is 0 Å². The van der Waals surface area contributed by atoms with Crippen LogP contribution in [0.5, 0.6) is 0 Å². The van der Waals surface area contributed by atoms with Crippen LogP contribution in [0.4, 0.5) is 0 Å². The van der Waals surface area contributed by atoms with Crippen molar-refractivity contribution in [1.82, 2.24) is 9.80 Å². The van der Waals surface area contributed by atoms with E-state index in [0.717, 1.165) is 38.5 Å². The van der Waals surface area contributed by atoms with Crippen molar-refractivity contribution >= 4 is 5.91 Å². The van der Waals surface area contributed by atoms with Gasteiger partial charge in [-0.15, -0.1) is 0 Å². The van der Waals surface area contributed by atoms with Crippen molar-refractivity contribution in [3.63, 3.8) is 0 Å². The Morgan fingerprint density at radius 1 is 1.16 bits per heavy atom. The number of carbonyl (C=O) groups is 1. The number of carbonyl (C=O) groups excluding carboxylic acids is 1. The molecule has 0 saturated carbocycles. The Balaban J connectivity index is 1.74. The van der Waals surface area contributed by atoms with Crippen molar-refractivity contribution in [3.05, 3.63) is 0 Å². The average Bonchev–Trinajstić information content (AvgIpc) is 2.42. The molecule has 2 saturated heterocycles. The third kappa shape index (κ3) is 4.18. The summed E-state index contributed by atoms with van der Waals surface area (Å²) in [7, 11) is 0. The third-order valence-corrected chi connectivity index (χ3v) is 4.76. The number of rotatable bonds is 4. The number of piperidine rings is 2. The van der Waals surface area contributed by atoms with E-state index in [4.69, 9.17) is 5.73 Å². The predicted molar refractivity (Wildman–Crippen MR) is 77.9 cm³/mol. The van der Waals surface area contributed by atoms with Gasteiger partial charge in [0.2, 0.25) is 5.91 Å². The normalized spacial score (nSPS) is 26.6. The molecule has 4 nitrogen and oxygen atoms in total. The Hall–Kier alpha value is -0.610. The van der Waals surface area contributed by atoms with Gasteiger partial charge in [0.25, 0.3) is 0 Å². The maximum absolute atomic E-state index is 12.3. The van der Waals surface area contributed by atoms with Crippen LogP contribution in [-0.2, 0) is 4.79 Å². The Bertz CT molecular complexity index is 287. The highest BCUT2D eigenvalue weighted by Crippen LogP contribution is 2.21. The standard InChI is InChI=1S/C15H29N3O/c1-13-4-2-3-9-18(13)15(19)12-17-10-6-14(5-8-16)7-11-17/h13-14H,2-12,16H2,1H3. The number of hydrogen-bond acceptors (Lipinski definition) is 3. The van der Waals surface area contributed by atoms with Gasteiger partial charge in [0.1, 0.15) is 0 Å². The van der Waals surface area contributed by atoms with Gasteiger partial charge < -0.3 is 10.6 Å². The lowest BCUT2D eigenvalue weighted by Gasteiger charge is -2.37. The summed E-state index contributed by atoms with van der Waals surface area (Å²) in [6.07, 6.45) is 7.18. The number of nitrogens with two attached hydrogens (primary N) is 1. The van der Waals surface area contributed by atoms with Gasteiger partial charge in [0, 0.05) is 12.6 Å². The van der Waals surface area contributed by atoms with E-state index in [1.165, 1.54) is 32.1 Å². The van der Waals surface area contributed by atoms with Gasteiger partial charge in [0.05, 0.1) is 6.54 Å². The zero-order chi connectivity index (χ0) is 13.7. The van der Waals surface area contributed by atoms with Gasteiger partial charge in [-0.1, -0.05) is 0 Å². The van der Waals surface area contributed by atoms with Gasteiger partial charge in [-0.2, -0.15) is 0 Å². The largest absolute Gasteiger partial charge is 0.339 e. The van der Waals surface area contributed by atoms with Crippen LogP contribution in [-0.4, -0.2) is 54.5 Å². The molecule has 2 N–H and O–H groups in total. The lowest BCUT2D eigenvalue weighted by molar-refractivity contribution is -0.136. The summed E-state index contributed by atoms with van der Waals surface area (Å²) in [6.45, 7) is 6.71. The molecule has 4 heteroatoms. The van der Waals surface area contributed by atoms with Crippen LogP contribution >= 0.6 is 0 Å². The van der Waals surface area contributed by atoms with E-state index in [-0.39, 0.29) is 0 Å². The molecule has 0 aromatic heterocycles. The Morgan fingerprint density at radius 2 is 1.89 bits per heavy atom. The highest BCUT2D eigenvalue weighted by atomic mass is 16.2. The van der Waals surface area contributed by atoms with Crippen LogP contribution in [0.1, 0.15) is 45.4 Å². The molecule has 2 aliphatic heterocycles. The zero-order valence-electron chi connectivity index (χ0n) is 12.3. The first-order chi connectivity index (χ1) is 9.20. The summed E-state index contributed by atoms with van der Waals surface area (Å²) in [4.78, 5) is 16.8. The molecule has 2 rings (SSSR count). The van der Waals surface area contributed by atoms with E-state index in [9.17, 15) is 4.79 Å². The number of amides is 1. The summed E-state index contributed by atoms with van der Waals surface area (Å²) in [5.74, 6) is 1.12. The highest BCUT2D eigenvalue weighted by Gasteiger charge is 2.26. The molecule has 1 atom stereocenters. The van der Waals surface area contributed by atoms with Crippen LogP contribution in [0.2, 0.25) is 0 Å². The second kappa shape index (κ2) is 7.25. The maximum atomic E-state index is 12.3. The summed E-state index contributed by atoms with van der Waals surface area (Å²) in [5, 5.41) is 0. The molecule has 19 heavy (non-hydrogen) atoms. The van der Waals surface area contributed by atoms with Crippen molar-refractivity contribution in [2.45, 2.75) is 51.5 Å². The molecule has 1 amide bonds. The minimum Gasteiger partial charge on any atom is -0.339 e. The zero-order valence-corrected chi connectivity index (χ0v) is 12.3. The van der Waals surface area contributed by atoms with Gasteiger partial charge >= 0.3 is 0 Å². The lowest BCUT2D eigenvalue weighted by Crippen LogP contribution is -2.48. The van der Waals surface area contributed by atoms with Gasteiger partial charge in [0.15, 0.2) is 0 Å². The van der Waals surface area contributed by atoms with E-state index in [0.29, 0.717) is 18.5 Å². The summed E-state index contributed by atoms with van der Waals surface area (Å²) < 4.78 is 0. The molecule has 2 aliphatic rings. The first-order valence-electron chi connectivity index (χ1n) is 7.92. The fraction of sp³-hybridized carbons (Fsp3) is 0.933. The first kappa shape index (κ1) is 14.8. The molecule has 1 unspecified atom stereocenters. The molecule has 2 heterocycles. The SMILES string of the molecule is CC1CCCCN1C(=O)CN1CCC(CCN)CC1. The molecular formula is C15H29N3O. The Labute approximate surface area is 117 Å². The maximum Gasteiger partial charge on any atom is 0.236 e. The second-order valence-corrected chi connectivity index (χ2v) is 6.23. The van der Waals surface area contributed by atoms with Crippen LogP contribution < -0.4 is 5.73 Å². The summed E-state index contributed by atoms with van der Waals surface area (Å²) in [5.41, 5.74) is 5.61. The van der Waals surface area contributed by atoms with Crippen molar-refractivity contribution in [2.75, 3.05) is 32.7 Å². The second-order valence-electron chi connectivity index (χ2n) is 6.23. The smallest absolute Gasteiger partial charge is 0.236 e. The van der Waals surface area contributed by atoms with E-state index < -0.39 is 0 Å². The minimum absolute atomic E-state index is 0.337. The minimum atomic E-state index is 0.337. The van der Waals surface area contributed by atoms with Crippen molar-refractivity contribution in [1.29, 1.82) is 0 Å². The molecular weight excluding hydrogens is 238 g/mol. The van der Waals surface area contributed by atoms with Gasteiger partial charge in [-0.05, 0) is 71.0 Å². The summed E-state index contributed by atoms with van der Waals surface area (Å²) >= 11 is 0. The average molecular weight is 267 g/mol. The number of hydrogen-bond donors (Lipinski definition) is 1. The fourth-order valence-corrected chi connectivity index (χ4v) is 3.42. The quantitative estimate of drug-likeness (QED) is 0.838. The number of likely N-dealkylation sites (tertiary alicyclic amines) is 2. The predicted octanol–water partition coefficient (Wildman–Crippen LogP) is 1.45. The topological polar surface area (TPSA) is 49.6 Å². The molecule has 0 aromatic rings. The monoisotopic (exact) mass is 267 g/mol. The van der Waals surface area contributed by atoms with Gasteiger partial charge in [-0.3, -0.25) is 9.69 Å². The van der Waals surface area contributed by atoms with Crippen LogP contribution in [0.3, 0.4) is 0 Å². The fourth-order valence-electron chi connectivity index (χ4n) is 3.42. The van der Waals surface area contributed by atoms with Crippen molar-refractivity contribution in [2.24, 2.45) is 11.7 Å². The first-order valence-corrected chi connectivity index (χ1v) is 7.92. The molecule has 0 spiro atoms. The third-order valence-electron chi connectivity index (χ3n) is 4.76. The molecule has 2 fully saturated rings. The van der Waals surface area contributed by atoms with Crippen molar-refractivity contribution < 1.29 is 4.79 Å². The molecule has 110 valence electrons. The van der Waals surface area contributed by atoms with E-state index in [1.54, 1.807) is 0 Å². The Kier molecular flexibility index (Phi) is 5.64. The van der Waals surface area contributed by atoms with E-state index >= 15 is 0 Å². The highest BCUT2D eigenvalue weighted by molar-refractivity contribution is 5.78. The van der Waals surface area contributed by atoms with Crippen LogP contribution in [0, 0.1) is 5.92 Å². The molecule has 0 radical (unpaired) electrons. The van der Waals surface area contributed by atoms with Crippen LogP contribution in [0.15, 0.2) is 0 Å². The molecule has 0 aliphatic carbocycles. The Morgan fingerprint density at radius 3 is 2.53 bits per heavy atom. The van der Waals surface area contributed by atoms with E-state index in [2.05, 4.69) is 16.7 Å². The van der Waals surface area contributed by atoms with E-state index in [1.807, 2.05) is 0 Å². The molecule has 0 aromatic carbocycles.